The second-order valence-electron chi connectivity index (χ2n) is 3.68. The first-order valence-corrected chi connectivity index (χ1v) is 5.60. The van der Waals surface area contributed by atoms with E-state index in [-0.39, 0.29) is 16.8 Å². The lowest BCUT2D eigenvalue weighted by Crippen LogP contribution is -2.01. The van der Waals surface area contributed by atoms with Gasteiger partial charge in [-0.15, -0.1) is 0 Å². The van der Waals surface area contributed by atoms with E-state index in [1.54, 1.807) is 0 Å². The van der Waals surface area contributed by atoms with Gasteiger partial charge in [-0.2, -0.15) is 0 Å². The molecule has 0 unspecified atom stereocenters. The summed E-state index contributed by atoms with van der Waals surface area (Å²) in [5.41, 5.74) is 0.672. The molecule has 98 valence electrons. The standard InChI is InChI=1S/C13H8ClF2NO2/c1-19-13(18)7-2-3-17-11(6-7)8-4-9(15)12(14)10(16)5-8/h2-6H,1H3. The van der Waals surface area contributed by atoms with Crippen molar-refractivity contribution in [2.75, 3.05) is 7.11 Å². The van der Waals surface area contributed by atoms with Gasteiger partial charge in [-0.05, 0) is 24.3 Å². The molecule has 1 aromatic carbocycles. The third-order valence-electron chi connectivity index (χ3n) is 2.46. The average Bonchev–Trinajstić information content (AvgIpc) is 2.43. The summed E-state index contributed by atoms with van der Waals surface area (Å²) >= 11 is 5.40. The highest BCUT2D eigenvalue weighted by atomic mass is 35.5. The Morgan fingerprint density at radius 2 is 1.89 bits per heavy atom. The van der Waals surface area contributed by atoms with Crippen LogP contribution in [-0.2, 0) is 4.74 Å². The zero-order valence-electron chi connectivity index (χ0n) is 9.78. The van der Waals surface area contributed by atoms with Gasteiger partial charge < -0.3 is 4.74 Å². The third kappa shape index (κ3) is 2.71. The maximum absolute atomic E-state index is 13.4. The molecular weight excluding hydrogens is 276 g/mol. The van der Waals surface area contributed by atoms with E-state index in [1.165, 1.54) is 25.4 Å². The Hall–Kier alpha value is -2.01. The molecule has 2 aromatic rings. The zero-order chi connectivity index (χ0) is 14.0. The molecule has 0 spiro atoms. The third-order valence-corrected chi connectivity index (χ3v) is 2.82. The van der Waals surface area contributed by atoms with E-state index in [2.05, 4.69) is 9.72 Å². The molecule has 0 saturated heterocycles. The Kier molecular flexibility index (Phi) is 3.76. The van der Waals surface area contributed by atoms with Crippen LogP contribution >= 0.6 is 11.6 Å². The summed E-state index contributed by atoms with van der Waals surface area (Å²) in [5.74, 6) is -2.33. The van der Waals surface area contributed by atoms with Gasteiger partial charge in [0.2, 0.25) is 0 Å². The van der Waals surface area contributed by atoms with Gasteiger partial charge in [0, 0.05) is 11.8 Å². The van der Waals surface area contributed by atoms with Crippen LogP contribution in [-0.4, -0.2) is 18.1 Å². The van der Waals surface area contributed by atoms with Crippen molar-refractivity contribution in [1.82, 2.24) is 4.98 Å². The Morgan fingerprint density at radius 1 is 1.26 bits per heavy atom. The summed E-state index contributed by atoms with van der Waals surface area (Å²) < 4.78 is 31.3. The van der Waals surface area contributed by atoms with E-state index >= 15 is 0 Å². The molecule has 19 heavy (non-hydrogen) atoms. The Bertz CT molecular complexity index is 623. The summed E-state index contributed by atoms with van der Waals surface area (Å²) in [5, 5.41) is -0.576. The molecule has 0 atom stereocenters. The molecular formula is C13H8ClF2NO2. The van der Waals surface area contributed by atoms with Gasteiger partial charge in [0.15, 0.2) is 0 Å². The second-order valence-corrected chi connectivity index (χ2v) is 4.05. The van der Waals surface area contributed by atoms with Crippen molar-refractivity contribution < 1.29 is 18.3 Å². The van der Waals surface area contributed by atoms with Crippen molar-refractivity contribution in [2.45, 2.75) is 0 Å². The van der Waals surface area contributed by atoms with Gasteiger partial charge in [0.1, 0.15) is 16.7 Å². The number of carbonyl (C=O) groups is 1. The largest absolute Gasteiger partial charge is 0.465 e. The minimum atomic E-state index is -0.887. The number of pyridine rings is 1. The SMILES string of the molecule is COC(=O)c1ccnc(-c2cc(F)c(Cl)c(F)c2)c1. The summed E-state index contributed by atoms with van der Waals surface area (Å²) in [6.07, 6.45) is 1.35. The second kappa shape index (κ2) is 5.32. The number of halogens is 3. The first-order valence-electron chi connectivity index (χ1n) is 5.22. The number of hydrogen-bond acceptors (Lipinski definition) is 3. The van der Waals surface area contributed by atoms with E-state index in [9.17, 15) is 13.6 Å². The normalized spacial score (nSPS) is 10.3. The van der Waals surface area contributed by atoms with Crippen molar-refractivity contribution in [3.05, 3.63) is 52.7 Å². The van der Waals surface area contributed by atoms with Gasteiger partial charge >= 0.3 is 5.97 Å². The number of aromatic nitrogens is 1. The number of ether oxygens (including phenoxy) is 1. The molecule has 1 heterocycles. The average molecular weight is 284 g/mol. The molecule has 0 N–H and O–H groups in total. The zero-order valence-corrected chi connectivity index (χ0v) is 10.5. The van der Waals surface area contributed by atoms with Crippen LogP contribution in [0, 0.1) is 11.6 Å². The summed E-state index contributed by atoms with van der Waals surface area (Å²) in [6.45, 7) is 0. The first-order chi connectivity index (χ1) is 9.02. The molecule has 6 heteroatoms. The van der Waals surface area contributed by atoms with E-state index in [0.717, 1.165) is 12.1 Å². The van der Waals surface area contributed by atoms with E-state index in [0.29, 0.717) is 0 Å². The Balaban J connectivity index is 2.50. The van der Waals surface area contributed by atoms with Crippen molar-refractivity contribution >= 4 is 17.6 Å². The number of carbonyl (C=O) groups excluding carboxylic acids is 1. The predicted molar refractivity (Wildman–Crippen MR) is 65.9 cm³/mol. The lowest BCUT2D eigenvalue weighted by atomic mass is 10.1. The summed E-state index contributed by atoms with van der Waals surface area (Å²) in [7, 11) is 1.24. The van der Waals surface area contributed by atoms with Crippen LogP contribution < -0.4 is 0 Å². The summed E-state index contributed by atoms with van der Waals surface area (Å²) in [6, 6.07) is 4.93. The van der Waals surface area contributed by atoms with Gasteiger partial charge in [0.05, 0.1) is 18.4 Å². The maximum Gasteiger partial charge on any atom is 0.337 e. The fourth-order valence-electron chi connectivity index (χ4n) is 1.54. The first kappa shape index (κ1) is 13.4. The molecule has 0 radical (unpaired) electrons. The van der Waals surface area contributed by atoms with E-state index in [4.69, 9.17) is 11.6 Å². The molecule has 0 fully saturated rings. The molecule has 0 aliphatic heterocycles. The van der Waals surface area contributed by atoms with Gasteiger partial charge in [0.25, 0.3) is 0 Å². The number of nitrogens with zero attached hydrogens (tertiary/aromatic N) is 1. The quantitative estimate of drug-likeness (QED) is 0.626. The van der Waals surface area contributed by atoms with Crippen LogP contribution in [0.4, 0.5) is 8.78 Å². The van der Waals surface area contributed by atoms with Crippen molar-refractivity contribution in [3.63, 3.8) is 0 Å². The fourth-order valence-corrected chi connectivity index (χ4v) is 1.65. The molecule has 1 aromatic heterocycles. The Labute approximate surface area is 112 Å². The van der Waals surface area contributed by atoms with Crippen LogP contribution in [0.15, 0.2) is 30.5 Å². The number of rotatable bonds is 2. The number of benzene rings is 1. The van der Waals surface area contributed by atoms with Crippen molar-refractivity contribution in [3.8, 4) is 11.3 Å². The minimum absolute atomic E-state index is 0.185. The number of hydrogen-bond donors (Lipinski definition) is 0. The van der Waals surface area contributed by atoms with Crippen molar-refractivity contribution in [2.24, 2.45) is 0 Å². The smallest absolute Gasteiger partial charge is 0.337 e. The molecule has 0 aliphatic carbocycles. The van der Waals surface area contributed by atoms with Gasteiger partial charge in [-0.3, -0.25) is 4.98 Å². The molecule has 0 bridgehead atoms. The van der Waals surface area contributed by atoms with Crippen molar-refractivity contribution in [1.29, 1.82) is 0 Å². The van der Waals surface area contributed by atoms with Gasteiger partial charge in [-0.25, -0.2) is 13.6 Å². The van der Waals surface area contributed by atoms with Crippen LogP contribution in [0.25, 0.3) is 11.3 Å². The van der Waals surface area contributed by atoms with E-state index in [1.807, 2.05) is 0 Å². The maximum atomic E-state index is 13.4. The molecule has 0 aliphatic rings. The minimum Gasteiger partial charge on any atom is -0.465 e. The Morgan fingerprint density at radius 3 is 2.47 bits per heavy atom. The number of methoxy groups -OCH3 is 1. The molecule has 3 nitrogen and oxygen atoms in total. The lowest BCUT2D eigenvalue weighted by molar-refractivity contribution is 0.0600. The molecule has 2 rings (SSSR count). The monoisotopic (exact) mass is 283 g/mol. The summed E-state index contributed by atoms with van der Waals surface area (Å²) in [4.78, 5) is 15.3. The van der Waals surface area contributed by atoms with E-state index < -0.39 is 22.6 Å². The number of esters is 1. The molecule has 0 saturated carbocycles. The van der Waals surface area contributed by atoms with Crippen LogP contribution in [0.3, 0.4) is 0 Å². The molecule has 0 amide bonds. The predicted octanol–water partition coefficient (Wildman–Crippen LogP) is 3.47. The van der Waals surface area contributed by atoms with Crippen LogP contribution in [0.1, 0.15) is 10.4 Å². The topological polar surface area (TPSA) is 39.2 Å². The highest BCUT2D eigenvalue weighted by molar-refractivity contribution is 6.31. The fraction of sp³-hybridized carbons (Fsp3) is 0.0769. The highest BCUT2D eigenvalue weighted by Crippen LogP contribution is 2.26. The highest BCUT2D eigenvalue weighted by Gasteiger charge is 2.12. The van der Waals surface area contributed by atoms with Gasteiger partial charge in [-0.1, -0.05) is 11.6 Å². The van der Waals surface area contributed by atoms with Crippen LogP contribution in [0.2, 0.25) is 5.02 Å². The lowest BCUT2D eigenvalue weighted by Gasteiger charge is -2.05. The van der Waals surface area contributed by atoms with Crippen LogP contribution in [0.5, 0.6) is 0 Å².